The van der Waals surface area contributed by atoms with Crippen LogP contribution in [0.4, 0.5) is 0 Å². The van der Waals surface area contributed by atoms with Crippen LogP contribution in [0.5, 0.6) is 5.75 Å². The highest BCUT2D eigenvalue weighted by Crippen LogP contribution is 2.46. The monoisotopic (exact) mass is 678 g/mol. The van der Waals surface area contributed by atoms with Gasteiger partial charge in [0.1, 0.15) is 23.9 Å². The van der Waals surface area contributed by atoms with Gasteiger partial charge in [0.05, 0.1) is 13.2 Å². The van der Waals surface area contributed by atoms with Gasteiger partial charge >= 0.3 is 31.6 Å². The summed E-state index contributed by atoms with van der Waals surface area (Å²) in [6.07, 6.45) is -5.84. The number of carbonyl (C=O) groups excluding carboxylic acids is 5. The Labute approximate surface area is 272 Å². The Morgan fingerprint density at radius 3 is 1.96 bits per heavy atom. The van der Waals surface area contributed by atoms with Crippen molar-refractivity contribution in [2.24, 2.45) is 0 Å². The zero-order chi connectivity index (χ0) is 34.6. The molecule has 16 heteroatoms. The molecule has 1 fully saturated rings. The van der Waals surface area contributed by atoms with Crippen molar-refractivity contribution in [2.45, 2.75) is 77.7 Å². The molecule has 2 aromatic rings. The molecular weight excluding hydrogens is 639 g/mol. The number of para-hydroxylation sites is 1. The van der Waals surface area contributed by atoms with Gasteiger partial charge < -0.3 is 33.5 Å². The number of carbonyl (C=O) groups is 5. The first-order chi connectivity index (χ1) is 22.3. The first kappa shape index (κ1) is 37.2. The van der Waals surface area contributed by atoms with Gasteiger partial charge in [-0.25, -0.2) is 4.57 Å². The first-order valence-corrected chi connectivity index (χ1v) is 16.3. The average molecular weight is 679 g/mol. The van der Waals surface area contributed by atoms with Gasteiger partial charge in [-0.1, -0.05) is 48.5 Å². The number of hydrogen-bond acceptors (Lipinski definition) is 13. The molecule has 2 unspecified atom stereocenters. The maximum atomic E-state index is 14.4. The average Bonchev–Trinajstić information content (AvgIpc) is 2.99. The van der Waals surface area contributed by atoms with Gasteiger partial charge in [0.15, 0.2) is 12.2 Å². The summed E-state index contributed by atoms with van der Waals surface area (Å²) in [7, 11) is -4.53. The molecule has 1 heterocycles. The van der Waals surface area contributed by atoms with E-state index in [1.165, 1.54) is 19.1 Å². The Morgan fingerprint density at radius 1 is 0.830 bits per heavy atom. The molecule has 256 valence electrons. The second-order valence-corrected chi connectivity index (χ2v) is 12.0. The normalized spacial score (nSPS) is 22.4. The van der Waals surface area contributed by atoms with E-state index in [-0.39, 0.29) is 18.8 Å². The van der Waals surface area contributed by atoms with Crippen molar-refractivity contribution in [1.29, 1.82) is 0 Å². The van der Waals surface area contributed by atoms with Gasteiger partial charge in [0.25, 0.3) is 0 Å². The first-order valence-electron chi connectivity index (χ1n) is 14.7. The van der Waals surface area contributed by atoms with Gasteiger partial charge in [-0.3, -0.25) is 28.5 Å². The highest BCUT2D eigenvalue weighted by molar-refractivity contribution is 7.52. The van der Waals surface area contributed by atoms with Crippen LogP contribution in [-0.2, 0) is 63.2 Å². The summed E-state index contributed by atoms with van der Waals surface area (Å²) in [5.41, 5.74) is 0.715. The van der Waals surface area contributed by atoms with Gasteiger partial charge in [0, 0.05) is 27.7 Å². The van der Waals surface area contributed by atoms with E-state index in [1.807, 2.05) is 0 Å². The van der Waals surface area contributed by atoms with Crippen molar-refractivity contribution in [3.8, 4) is 5.75 Å². The van der Waals surface area contributed by atoms with Crippen LogP contribution in [0.15, 0.2) is 60.7 Å². The summed E-state index contributed by atoms with van der Waals surface area (Å²) >= 11 is 0. The highest BCUT2D eigenvalue weighted by atomic mass is 31.2. The molecule has 0 saturated carbocycles. The maximum absolute atomic E-state index is 14.4. The zero-order valence-electron chi connectivity index (χ0n) is 26.6. The van der Waals surface area contributed by atoms with Crippen LogP contribution in [0, 0.1) is 0 Å². The molecule has 0 spiro atoms. The van der Waals surface area contributed by atoms with E-state index in [4.69, 9.17) is 32.7 Å². The molecule has 7 atom stereocenters. The largest absolute Gasteiger partial charge is 0.465 e. The molecule has 1 aliphatic heterocycles. The van der Waals surface area contributed by atoms with E-state index in [0.717, 1.165) is 20.8 Å². The van der Waals surface area contributed by atoms with Crippen molar-refractivity contribution >= 4 is 37.5 Å². The molecule has 2 N–H and O–H groups in total. The quantitative estimate of drug-likeness (QED) is 0.159. The lowest BCUT2D eigenvalue weighted by Gasteiger charge is -2.44. The SMILES string of the molecule is CCOC(=O)[C@H](Cc1ccccc1)NP(=O)(OC[C@H]1OC(OC(C)=O)[C@@H](NC(C)=O)[C@@H](OC(C)=O)[C@@H]1OC(C)=O)Oc1ccccc1. The molecular formula is C31H39N2O13P. The number of ether oxygens (including phenoxy) is 5. The lowest BCUT2D eigenvalue weighted by Crippen LogP contribution is -2.66. The number of rotatable bonds is 15. The molecule has 3 rings (SSSR count). The summed E-state index contributed by atoms with van der Waals surface area (Å²) < 4.78 is 53.4. The van der Waals surface area contributed by atoms with Crippen molar-refractivity contribution in [1.82, 2.24) is 10.4 Å². The van der Waals surface area contributed by atoms with Crippen LogP contribution in [0.2, 0.25) is 0 Å². The topological polar surface area (TPSA) is 191 Å². The minimum absolute atomic E-state index is 0.0427. The van der Waals surface area contributed by atoms with Crippen LogP contribution in [0.3, 0.4) is 0 Å². The summed E-state index contributed by atoms with van der Waals surface area (Å²) in [4.78, 5) is 61.4. The molecule has 1 aliphatic rings. The van der Waals surface area contributed by atoms with Crippen LogP contribution < -0.4 is 14.9 Å². The van der Waals surface area contributed by atoms with Gasteiger partial charge in [-0.05, 0) is 31.0 Å². The Morgan fingerprint density at radius 2 is 1.40 bits per heavy atom. The maximum Gasteiger partial charge on any atom is 0.459 e. The summed E-state index contributed by atoms with van der Waals surface area (Å²) in [5.74, 6) is -3.66. The molecule has 0 aromatic heterocycles. The van der Waals surface area contributed by atoms with Crippen LogP contribution in [-0.4, -0.2) is 79.7 Å². The molecule has 47 heavy (non-hydrogen) atoms. The standard InChI is InChI=1S/C31H39N2O13P/c1-6-40-30(38)25(17-23-13-9-7-10-14-23)33-47(39,46-24-15-11-8-12-16-24)41-18-26-28(42-20(3)35)29(43-21(4)36)27(32-19(2)34)31(45-26)44-22(5)37/h7-16,25-29,31H,6,17-18H2,1-5H3,(H,32,34)(H,33,39)/t25-,26+,27-,28+,29+,31?,47?/m0/s1. The van der Waals surface area contributed by atoms with Crippen molar-refractivity contribution in [3.63, 3.8) is 0 Å². The van der Waals surface area contributed by atoms with E-state index in [1.54, 1.807) is 55.5 Å². The Bertz CT molecular complexity index is 1430. The van der Waals surface area contributed by atoms with E-state index < -0.39 is 80.8 Å². The minimum Gasteiger partial charge on any atom is -0.465 e. The van der Waals surface area contributed by atoms with Crippen molar-refractivity contribution in [3.05, 3.63) is 66.2 Å². The summed E-state index contributed by atoms with van der Waals surface area (Å²) in [6, 6.07) is 14.4. The van der Waals surface area contributed by atoms with Crippen molar-refractivity contribution in [2.75, 3.05) is 13.2 Å². The molecule has 0 aliphatic carbocycles. The molecule has 2 aromatic carbocycles. The fraction of sp³-hybridized carbons (Fsp3) is 0.452. The molecule has 1 saturated heterocycles. The Hall–Kier alpha value is -4.30. The summed E-state index contributed by atoms with van der Waals surface area (Å²) in [6.45, 7) is 5.42. The lowest BCUT2D eigenvalue weighted by molar-refractivity contribution is -0.268. The third-order valence-electron chi connectivity index (χ3n) is 6.45. The third-order valence-corrected chi connectivity index (χ3v) is 8.02. The second-order valence-electron chi connectivity index (χ2n) is 10.3. The fourth-order valence-corrected chi connectivity index (χ4v) is 6.20. The van der Waals surface area contributed by atoms with E-state index >= 15 is 0 Å². The Kier molecular flexibility index (Phi) is 13.9. The number of nitrogens with one attached hydrogen (secondary N) is 2. The lowest BCUT2D eigenvalue weighted by atomic mass is 9.96. The van der Waals surface area contributed by atoms with Crippen LogP contribution in [0.1, 0.15) is 40.2 Å². The van der Waals surface area contributed by atoms with Crippen LogP contribution >= 0.6 is 7.75 Å². The van der Waals surface area contributed by atoms with Gasteiger partial charge in [-0.15, -0.1) is 0 Å². The highest BCUT2D eigenvalue weighted by Gasteiger charge is 2.52. The zero-order valence-corrected chi connectivity index (χ0v) is 27.5. The predicted molar refractivity (Wildman–Crippen MR) is 163 cm³/mol. The number of amides is 1. The number of hydrogen-bond donors (Lipinski definition) is 2. The van der Waals surface area contributed by atoms with Crippen LogP contribution in [0.25, 0.3) is 0 Å². The van der Waals surface area contributed by atoms with E-state index in [2.05, 4.69) is 10.4 Å². The van der Waals surface area contributed by atoms with Gasteiger partial charge in [-0.2, -0.15) is 5.09 Å². The smallest absolute Gasteiger partial charge is 0.459 e. The van der Waals surface area contributed by atoms with Crippen molar-refractivity contribution < 1.29 is 61.3 Å². The number of benzene rings is 2. The molecule has 0 radical (unpaired) electrons. The fourth-order valence-electron chi connectivity index (χ4n) is 4.70. The van der Waals surface area contributed by atoms with E-state index in [0.29, 0.717) is 5.56 Å². The molecule has 15 nitrogen and oxygen atoms in total. The second kappa shape index (κ2) is 17.6. The van der Waals surface area contributed by atoms with Gasteiger partial charge in [0.2, 0.25) is 12.2 Å². The molecule has 1 amide bonds. The minimum atomic E-state index is -4.53. The predicted octanol–water partition coefficient (Wildman–Crippen LogP) is 2.61. The summed E-state index contributed by atoms with van der Waals surface area (Å²) in [5, 5.41) is 5.18. The number of esters is 4. The van der Waals surface area contributed by atoms with E-state index in [9.17, 15) is 28.5 Å². The third kappa shape index (κ3) is 11.8. The Balaban J connectivity index is 2.00. The molecule has 0 bridgehead atoms.